The van der Waals surface area contributed by atoms with Gasteiger partial charge in [0.15, 0.2) is 0 Å². The summed E-state index contributed by atoms with van der Waals surface area (Å²) in [6, 6.07) is 2.19. The van der Waals surface area contributed by atoms with Crippen molar-refractivity contribution in [2.45, 2.75) is 13.0 Å². The zero-order valence-corrected chi connectivity index (χ0v) is 5.87. The van der Waals surface area contributed by atoms with Crippen LogP contribution >= 0.6 is 11.3 Å². The molecule has 2 heteroatoms. The third-order valence-electron chi connectivity index (χ3n) is 1.56. The minimum Gasteiger partial charge on any atom is -0.308 e. The largest absolute Gasteiger partial charge is 0.308 e. The summed E-state index contributed by atoms with van der Waals surface area (Å²) in [5, 5.41) is 5.37. The van der Waals surface area contributed by atoms with Crippen LogP contribution in [0.4, 0.5) is 0 Å². The zero-order chi connectivity index (χ0) is 6.10. The molecule has 9 heavy (non-hydrogen) atoms. The summed E-state index contributed by atoms with van der Waals surface area (Å²) in [6.45, 7) is 3.15. The quantitative estimate of drug-likeness (QED) is 0.573. The van der Waals surface area contributed by atoms with E-state index < -0.39 is 0 Å². The van der Waals surface area contributed by atoms with E-state index in [9.17, 15) is 0 Å². The van der Waals surface area contributed by atoms with Gasteiger partial charge in [-0.3, -0.25) is 0 Å². The lowest BCUT2D eigenvalue weighted by molar-refractivity contribution is 0.737. The molecule has 47 valence electrons. The van der Waals surface area contributed by atoms with E-state index in [0.717, 1.165) is 13.0 Å². The Kier molecular flexibility index (Phi) is 1.28. The van der Waals surface area contributed by atoms with E-state index >= 15 is 0 Å². The van der Waals surface area contributed by atoms with E-state index in [1.165, 1.54) is 10.4 Å². The second kappa shape index (κ2) is 2.12. The molecule has 0 saturated heterocycles. The number of fused-ring (bicyclic) bond motifs is 1. The molecule has 2 rings (SSSR count). The topological polar surface area (TPSA) is 12.0 Å². The van der Waals surface area contributed by atoms with Gasteiger partial charge in [0.2, 0.25) is 0 Å². The van der Waals surface area contributed by atoms with Gasteiger partial charge in [-0.15, -0.1) is 11.3 Å². The highest BCUT2D eigenvalue weighted by Gasteiger charge is 2.07. The van der Waals surface area contributed by atoms with Crippen LogP contribution in [0.1, 0.15) is 10.4 Å². The lowest BCUT2D eigenvalue weighted by atomic mass is 10.1. The van der Waals surface area contributed by atoms with Gasteiger partial charge in [-0.1, -0.05) is 0 Å². The van der Waals surface area contributed by atoms with Crippen LogP contribution in [0.15, 0.2) is 11.4 Å². The lowest BCUT2D eigenvalue weighted by Crippen LogP contribution is -2.16. The molecule has 1 aliphatic heterocycles. The number of hydrogen-bond acceptors (Lipinski definition) is 2. The Hall–Kier alpha value is -0.340. The summed E-state index contributed by atoms with van der Waals surface area (Å²) in [4.78, 5) is 1.52. The first-order valence-electron chi connectivity index (χ1n) is 3.07. The summed E-state index contributed by atoms with van der Waals surface area (Å²) in [7, 11) is 0. The molecule has 0 fully saturated rings. The molecule has 0 bridgehead atoms. The smallest absolute Gasteiger partial charge is 0.0276 e. The summed E-state index contributed by atoms with van der Waals surface area (Å²) in [5.41, 5.74) is 1.47. The molecule has 0 atom stereocenters. The monoisotopic (exact) mass is 138 g/mol. The SMILES string of the molecule is [CH]1Cc2sccc2CN1. The Bertz CT molecular complexity index is 184. The molecule has 1 aromatic heterocycles. The molecule has 1 aromatic rings. The first-order valence-corrected chi connectivity index (χ1v) is 3.95. The maximum absolute atomic E-state index is 3.21. The lowest BCUT2D eigenvalue weighted by Gasteiger charge is -2.10. The van der Waals surface area contributed by atoms with Gasteiger partial charge in [0, 0.05) is 18.0 Å². The maximum Gasteiger partial charge on any atom is 0.0276 e. The Balaban J connectivity index is 2.39. The first kappa shape index (κ1) is 5.45. The van der Waals surface area contributed by atoms with Crippen LogP contribution in [0.2, 0.25) is 0 Å². The zero-order valence-electron chi connectivity index (χ0n) is 5.05. The molecule has 0 unspecified atom stereocenters. The molecule has 1 N–H and O–H groups in total. The number of hydrogen-bond donors (Lipinski definition) is 1. The predicted molar refractivity (Wildman–Crippen MR) is 39.2 cm³/mol. The summed E-state index contributed by atoms with van der Waals surface area (Å²) in [5.74, 6) is 0. The average molecular weight is 138 g/mol. The van der Waals surface area contributed by atoms with Crippen LogP contribution in [-0.2, 0) is 13.0 Å². The maximum atomic E-state index is 3.21. The summed E-state index contributed by atoms with van der Waals surface area (Å²) in [6.07, 6.45) is 1.10. The third-order valence-corrected chi connectivity index (χ3v) is 2.55. The van der Waals surface area contributed by atoms with Crippen molar-refractivity contribution in [2.24, 2.45) is 0 Å². The highest BCUT2D eigenvalue weighted by atomic mass is 32.1. The van der Waals surface area contributed by atoms with Gasteiger partial charge < -0.3 is 5.32 Å². The second-order valence-electron chi connectivity index (χ2n) is 2.16. The first-order chi connectivity index (χ1) is 4.47. The fraction of sp³-hybridized carbons (Fsp3) is 0.286. The second-order valence-corrected chi connectivity index (χ2v) is 3.16. The molecule has 1 radical (unpaired) electrons. The van der Waals surface area contributed by atoms with Gasteiger partial charge in [-0.25, -0.2) is 0 Å². The molecule has 0 aliphatic carbocycles. The van der Waals surface area contributed by atoms with Gasteiger partial charge in [0.25, 0.3) is 0 Å². The van der Waals surface area contributed by atoms with Crippen LogP contribution in [0.5, 0.6) is 0 Å². The van der Waals surface area contributed by atoms with E-state index in [1.54, 1.807) is 0 Å². The molecular formula is C7H8NS. The van der Waals surface area contributed by atoms with Crippen molar-refractivity contribution in [1.82, 2.24) is 5.32 Å². The van der Waals surface area contributed by atoms with Crippen molar-refractivity contribution >= 4 is 11.3 Å². The molecular weight excluding hydrogens is 130 g/mol. The fourth-order valence-electron chi connectivity index (χ4n) is 1.05. The molecule has 1 nitrogen and oxygen atoms in total. The van der Waals surface area contributed by atoms with Gasteiger partial charge in [-0.05, 0) is 23.4 Å². The molecule has 1 aliphatic rings. The van der Waals surface area contributed by atoms with Crippen LogP contribution in [0.25, 0.3) is 0 Å². The predicted octanol–water partition coefficient (Wildman–Crippen LogP) is 1.56. The Labute approximate surface area is 58.7 Å². The van der Waals surface area contributed by atoms with E-state index in [-0.39, 0.29) is 0 Å². The highest BCUT2D eigenvalue weighted by molar-refractivity contribution is 7.10. The summed E-state index contributed by atoms with van der Waals surface area (Å²) >= 11 is 1.85. The number of thiophene rings is 1. The van der Waals surface area contributed by atoms with Gasteiger partial charge in [0.1, 0.15) is 0 Å². The average Bonchev–Trinajstić information content (AvgIpc) is 2.33. The minimum absolute atomic E-state index is 1.03. The van der Waals surface area contributed by atoms with Gasteiger partial charge in [0.05, 0.1) is 0 Å². The third kappa shape index (κ3) is 0.884. The van der Waals surface area contributed by atoms with E-state index in [4.69, 9.17) is 0 Å². The molecule has 0 amide bonds. The standard InChI is InChI=1S/C7H8NS/c1-3-8-5-6-2-4-9-7(1)6/h2-4,8H,1,5H2. The van der Waals surface area contributed by atoms with Crippen LogP contribution in [-0.4, -0.2) is 0 Å². The molecule has 0 saturated carbocycles. The molecule has 2 heterocycles. The van der Waals surface area contributed by atoms with Crippen molar-refractivity contribution < 1.29 is 0 Å². The molecule has 0 aromatic carbocycles. The fourth-order valence-corrected chi connectivity index (χ4v) is 1.92. The van der Waals surface area contributed by atoms with E-state index in [2.05, 4.69) is 23.3 Å². The van der Waals surface area contributed by atoms with Gasteiger partial charge in [-0.2, -0.15) is 0 Å². The Morgan fingerprint density at radius 3 is 3.44 bits per heavy atom. The van der Waals surface area contributed by atoms with Crippen LogP contribution in [0.3, 0.4) is 0 Å². The summed E-state index contributed by atoms with van der Waals surface area (Å²) < 4.78 is 0. The van der Waals surface area contributed by atoms with Gasteiger partial charge >= 0.3 is 0 Å². The van der Waals surface area contributed by atoms with Crippen molar-refractivity contribution in [1.29, 1.82) is 0 Å². The van der Waals surface area contributed by atoms with Crippen molar-refractivity contribution in [3.05, 3.63) is 28.4 Å². The highest BCUT2D eigenvalue weighted by Crippen LogP contribution is 2.20. The van der Waals surface area contributed by atoms with E-state index in [0.29, 0.717) is 0 Å². The van der Waals surface area contributed by atoms with Crippen molar-refractivity contribution in [2.75, 3.05) is 0 Å². The Morgan fingerprint density at radius 1 is 1.56 bits per heavy atom. The number of nitrogens with one attached hydrogen (secondary N) is 1. The number of rotatable bonds is 0. The van der Waals surface area contributed by atoms with Crippen LogP contribution < -0.4 is 5.32 Å². The van der Waals surface area contributed by atoms with Crippen molar-refractivity contribution in [3.63, 3.8) is 0 Å². The Morgan fingerprint density at radius 2 is 2.56 bits per heavy atom. The van der Waals surface area contributed by atoms with Crippen molar-refractivity contribution in [3.8, 4) is 0 Å². The normalized spacial score (nSPS) is 17.3. The molecule has 0 spiro atoms. The minimum atomic E-state index is 1.03. The van der Waals surface area contributed by atoms with E-state index in [1.807, 2.05) is 11.3 Å². The van der Waals surface area contributed by atoms with Crippen LogP contribution in [0, 0.1) is 6.54 Å².